The van der Waals surface area contributed by atoms with E-state index >= 15 is 0 Å². The molecule has 0 aliphatic rings. The zero-order valence-corrected chi connectivity index (χ0v) is 21.0. The van der Waals surface area contributed by atoms with Crippen LogP contribution in [0.3, 0.4) is 0 Å². The maximum absolute atomic E-state index is 14.4. The molecule has 0 aliphatic heterocycles. The minimum absolute atomic E-state index is 0.318. The molecule has 0 amide bonds. The van der Waals surface area contributed by atoms with E-state index in [0.29, 0.717) is 40.5 Å². The Morgan fingerprint density at radius 3 is 2.29 bits per heavy atom. The number of anilines is 3. The van der Waals surface area contributed by atoms with Crippen LogP contribution in [0.15, 0.2) is 54.6 Å². The normalized spacial score (nSPS) is 10.9. The maximum atomic E-state index is 14.4. The number of rotatable bonds is 8. The average molecular weight is 492 g/mol. The van der Waals surface area contributed by atoms with Gasteiger partial charge in [-0.3, -0.25) is 0 Å². The van der Waals surface area contributed by atoms with Crippen molar-refractivity contribution in [1.29, 1.82) is 0 Å². The molecular formula is C26H36ClF2N5. The SMILES string of the molecule is CC.CCCNc1c(F)cc(F)cc1Cc1ccccc1NC(N)c1ccc(N)cc1Cl.CN. The minimum atomic E-state index is -0.611. The number of para-hydroxylation sites is 1. The van der Waals surface area contributed by atoms with Crippen LogP contribution in [0, 0.1) is 11.6 Å². The van der Waals surface area contributed by atoms with Gasteiger partial charge in [-0.25, -0.2) is 8.78 Å². The average Bonchev–Trinajstić information content (AvgIpc) is 2.82. The maximum Gasteiger partial charge on any atom is 0.149 e. The summed E-state index contributed by atoms with van der Waals surface area (Å²) in [5.74, 6) is -1.21. The molecule has 3 rings (SSSR count). The monoisotopic (exact) mass is 491 g/mol. The number of benzene rings is 3. The molecule has 34 heavy (non-hydrogen) atoms. The smallest absolute Gasteiger partial charge is 0.149 e. The third-order valence-corrected chi connectivity index (χ3v) is 5.08. The highest BCUT2D eigenvalue weighted by atomic mass is 35.5. The summed E-state index contributed by atoms with van der Waals surface area (Å²) >= 11 is 6.27. The van der Waals surface area contributed by atoms with Gasteiger partial charge in [-0.15, -0.1) is 0 Å². The van der Waals surface area contributed by atoms with Crippen LogP contribution in [0.5, 0.6) is 0 Å². The third kappa shape index (κ3) is 8.17. The fraction of sp³-hybridized carbons (Fsp3) is 0.308. The lowest BCUT2D eigenvalue weighted by molar-refractivity contribution is 0.582. The Balaban J connectivity index is 0.00000137. The molecule has 0 saturated heterocycles. The molecule has 0 aromatic heterocycles. The lowest BCUT2D eigenvalue weighted by Gasteiger charge is -2.20. The topological polar surface area (TPSA) is 102 Å². The van der Waals surface area contributed by atoms with Gasteiger partial charge in [0, 0.05) is 41.0 Å². The molecule has 0 fully saturated rings. The first-order valence-corrected chi connectivity index (χ1v) is 11.7. The lowest BCUT2D eigenvalue weighted by atomic mass is 10.0. The van der Waals surface area contributed by atoms with Crippen LogP contribution in [-0.2, 0) is 6.42 Å². The molecule has 0 radical (unpaired) electrons. The summed E-state index contributed by atoms with van der Waals surface area (Å²) in [6.45, 7) is 6.58. The van der Waals surface area contributed by atoms with Crippen molar-refractivity contribution in [2.45, 2.75) is 39.8 Å². The van der Waals surface area contributed by atoms with Crippen molar-refractivity contribution in [3.05, 3.63) is 87.9 Å². The van der Waals surface area contributed by atoms with E-state index in [1.54, 1.807) is 18.2 Å². The van der Waals surface area contributed by atoms with Crippen LogP contribution < -0.4 is 27.8 Å². The van der Waals surface area contributed by atoms with Crippen LogP contribution in [0.4, 0.5) is 25.8 Å². The third-order valence-electron chi connectivity index (χ3n) is 4.76. The molecule has 0 bridgehead atoms. The molecule has 8 heteroatoms. The van der Waals surface area contributed by atoms with Crippen LogP contribution in [0.25, 0.3) is 0 Å². The highest BCUT2D eigenvalue weighted by molar-refractivity contribution is 6.31. The number of halogens is 3. The Morgan fingerprint density at radius 1 is 0.971 bits per heavy atom. The van der Waals surface area contributed by atoms with E-state index in [9.17, 15) is 8.78 Å². The number of hydrogen-bond donors (Lipinski definition) is 5. The van der Waals surface area contributed by atoms with Crippen molar-refractivity contribution < 1.29 is 8.78 Å². The fourth-order valence-electron chi connectivity index (χ4n) is 3.28. The van der Waals surface area contributed by atoms with Gasteiger partial charge in [0.25, 0.3) is 0 Å². The van der Waals surface area contributed by atoms with E-state index in [1.165, 1.54) is 13.1 Å². The van der Waals surface area contributed by atoms with Crippen molar-refractivity contribution in [2.75, 3.05) is 30.0 Å². The molecule has 0 aliphatic carbocycles. The second-order valence-corrected chi connectivity index (χ2v) is 7.49. The summed E-state index contributed by atoms with van der Waals surface area (Å²) < 4.78 is 28.3. The highest BCUT2D eigenvalue weighted by Crippen LogP contribution is 2.30. The molecule has 3 aromatic carbocycles. The van der Waals surface area contributed by atoms with Crippen molar-refractivity contribution in [1.82, 2.24) is 0 Å². The Morgan fingerprint density at radius 2 is 1.65 bits per heavy atom. The largest absolute Gasteiger partial charge is 0.399 e. The number of nitrogen functional groups attached to an aromatic ring is 1. The molecule has 1 atom stereocenters. The number of nitrogens with two attached hydrogens (primary N) is 3. The fourth-order valence-corrected chi connectivity index (χ4v) is 3.58. The van der Waals surface area contributed by atoms with Gasteiger partial charge in [0.1, 0.15) is 17.8 Å². The van der Waals surface area contributed by atoms with Gasteiger partial charge in [0.05, 0.1) is 5.69 Å². The molecule has 1 unspecified atom stereocenters. The lowest BCUT2D eigenvalue weighted by Crippen LogP contribution is -2.21. The molecule has 3 aromatic rings. The van der Waals surface area contributed by atoms with Gasteiger partial charge in [-0.2, -0.15) is 0 Å². The van der Waals surface area contributed by atoms with Crippen molar-refractivity contribution >= 4 is 28.7 Å². The summed E-state index contributed by atoms with van der Waals surface area (Å²) in [4.78, 5) is 0. The first-order chi connectivity index (χ1) is 16.4. The second kappa shape index (κ2) is 15.1. The molecule has 8 N–H and O–H groups in total. The first kappa shape index (κ1) is 29.2. The molecule has 0 heterocycles. The van der Waals surface area contributed by atoms with Crippen LogP contribution >= 0.6 is 11.6 Å². The van der Waals surface area contributed by atoms with Gasteiger partial charge in [-0.1, -0.05) is 56.6 Å². The van der Waals surface area contributed by atoms with Gasteiger partial charge >= 0.3 is 0 Å². The van der Waals surface area contributed by atoms with Gasteiger partial charge < -0.3 is 27.8 Å². The molecule has 186 valence electrons. The Labute approximate surface area is 206 Å². The van der Waals surface area contributed by atoms with E-state index in [0.717, 1.165) is 23.7 Å². The predicted molar refractivity (Wildman–Crippen MR) is 142 cm³/mol. The van der Waals surface area contributed by atoms with Crippen LogP contribution in [0.1, 0.15) is 50.0 Å². The Kier molecular flexibility index (Phi) is 13.0. The molecule has 0 saturated carbocycles. The molecular weight excluding hydrogens is 456 g/mol. The quantitative estimate of drug-likeness (QED) is 0.188. The summed E-state index contributed by atoms with van der Waals surface area (Å²) in [5, 5.41) is 6.77. The van der Waals surface area contributed by atoms with Crippen molar-refractivity contribution in [3.63, 3.8) is 0 Å². The Bertz CT molecular complexity index is 1030. The highest BCUT2D eigenvalue weighted by Gasteiger charge is 2.15. The number of nitrogens with one attached hydrogen (secondary N) is 2. The van der Waals surface area contributed by atoms with Gasteiger partial charge in [0.15, 0.2) is 0 Å². The van der Waals surface area contributed by atoms with E-state index in [1.807, 2.05) is 45.0 Å². The van der Waals surface area contributed by atoms with Crippen molar-refractivity contribution in [3.8, 4) is 0 Å². The van der Waals surface area contributed by atoms with Crippen LogP contribution in [-0.4, -0.2) is 13.6 Å². The predicted octanol–water partition coefficient (Wildman–Crippen LogP) is 6.28. The zero-order valence-electron chi connectivity index (χ0n) is 20.3. The molecule has 5 nitrogen and oxygen atoms in total. The summed E-state index contributed by atoms with van der Waals surface area (Å²) in [6, 6.07) is 14.9. The Hall–Kier alpha value is -2.87. The number of hydrogen-bond acceptors (Lipinski definition) is 5. The standard InChI is InChI=1S/C23H25ClF2N4.C2H6.CH5N/c1-2-9-29-22-15(11-16(25)12-20(22)26)10-14-5-3-4-6-21(14)30-23(28)18-8-7-17(27)13-19(18)24;2*1-2/h3-8,11-13,23,29-30H,2,9-10,27-28H2,1H3;1-2H3;2H2,1H3. The van der Waals surface area contributed by atoms with E-state index < -0.39 is 17.8 Å². The van der Waals surface area contributed by atoms with E-state index in [2.05, 4.69) is 16.4 Å². The van der Waals surface area contributed by atoms with Gasteiger partial charge in [0.2, 0.25) is 0 Å². The van der Waals surface area contributed by atoms with E-state index in [-0.39, 0.29) is 0 Å². The second-order valence-electron chi connectivity index (χ2n) is 7.09. The summed E-state index contributed by atoms with van der Waals surface area (Å²) in [7, 11) is 1.50. The van der Waals surface area contributed by atoms with Crippen molar-refractivity contribution in [2.24, 2.45) is 11.5 Å². The van der Waals surface area contributed by atoms with Crippen LogP contribution in [0.2, 0.25) is 5.02 Å². The minimum Gasteiger partial charge on any atom is -0.399 e. The van der Waals surface area contributed by atoms with E-state index in [4.69, 9.17) is 23.1 Å². The van der Waals surface area contributed by atoms with Gasteiger partial charge in [-0.05, 0) is 48.9 Å². The zero-order chi connectivity index (χ0) is 25.7. The summed E-state index contributed by atoms with van der Waals surface area (Å²) in [6.07, 6.45) is 0.568. The molecule has 0 spiro atoms. The summed E-state index contributed by atoms with van der Waals surface area (Å²) in [5.41, 5.74) is 20.3. The first-order valence-electron chi connectivity index (χ1n) is 11.3.